The molecular weight excluding hydrogens is 196 g/mol. The van der Waals surface area contributed by atoms with E-state index in [-0.39, 0.29) is 5.75 Å². The van der Waals surface area contributed by atoms with Crippen molar-refractivity contribution in [3.8, 4) is 5.75 Å². The Kier molecular flexibility index (Phi) is 3.43. The predicted molar refractivity (Wildman–Crippen MR) is 61.3 cm³/mol. The molecule has 0 saturated heterocycles. The monoisotopic (exact) mass is 212 g/mol. The van der Waals surface area contributed by atoms with Gasteiger partial charge in [-0.05, 0) is 36.0 Å². The van der Waals surface area contributed by atoms with Crippen LogP contribution in [-0.2, 0) is 6.42 Å². The summed E-state index contributed by atoms with van der Waals surface area (Å²) >= 11 is 6.06. The van der Waals surface area contributed by atoms with Gasteiger partial charge in [0.05, 0.1) is 5.02 Å². The lowest BCUT2D eigenvalue weighted by Crippen LogP contribution is -1.95. The number of aromatic hydroxyl groups is 1. The minimum Gasteiger partial charge on any atom is -0.506 e. The van der Waals surface area contributed by atoms with Crippen LogP contribution in [0.25, 0.3) is 0 Å². The van der Waals surface area contributed by atoms with Gasteiger partial charge >= 0.3 is 0 Å². The molecule has 0 aliphatic heterocycles. The molecule has 1 aromatic rings. The first-order valence-corrected chi connectivity index (χ1v) is 5.37. The number of hydrogen-bond acceptors (Lipinski definition) is 1. The van der Waals surface area contributed by atoms with Gasteiger partial charge in [-0.3, -0.25) is 0 Å². The van der Waals surface area contributed by atoms with Crippen molar-refractivity contribution in [2.24, 2.45) is 0 Å². The average Bonchev–Trinajstić information content (AvgIpc) is 2.14. The Hall–Kier alpha value is -0.690. The van der Waals surface area contributed by atoms with E-state index in [1.54, 1.807) is 0 Å². The molecular formula is C12H17ClO. The first-order chi connectivity index (χ1) is 6.49. The van der Waals surface area contributed by atoms with Crippen molar-refractivity contribution < 1.29 is 5.11 Å². The fraction of sp³-hybridized carbons (Fsp3) is 0.500. The Balaban J connectivity index is 3.40. The SMILES string of the molecule is CCc1cc(C(C)C)c(O)c(Cl)c1C. The lowest BCUT2D eigenvalue weighted by atomic mass is 9.95. The van der Waals surface area contributed by atoms with E-state index in [2.05, 4.69) is 26.8 Å². The average molecular weight is 213 g/mol. The van der Waals surface area contributed by atoms with Gasteiger partial charge in [-0.25, -0.2) is 0 Å². The highest BCUT2D eigenvalue weighted by Crippen LogP contribution is 2.36. The Morgan fingerprint density at radius 1 is 1.43 bits per heavy atom. The summed E-state index contributed by atoms with van der Waals surface area (Å²) in [7, 11) is 0. The van der Waals surface area contributed by atoms with Crippen molar-refractivity contribution in [1.82, 2.24) is 0 Å². The molecule has 0 atom stereocenters. The molecule has 1 N–H and O–H groups in total. The van der Waals surface area contributed by atoms with Crippen LogP contribution in [0.4, 0.5) is 0 Å². The van der Waals surface area contributed by atoms with Crippen molar-refractivity contribution in [3.05, 3.63) is 27.8 Å². The summed E-state index contributed by atoms with van der Waals surface area (Å²) in [5, 5.41) is 10.3. The van der Waals surface area contributed by atoms with Crippen LogP contribution in [0.1, 0.15) is 43.4 Å². The second-order valence-corrected chi connectivity index (χ2v) is 4.30. The Morgan fingerprint density at radius 2 is 2.00 bits per heavy atom. The fourth-order valence-corrected chi connectivity index (χ4v) is 1.85. The predicted octanol–water partition coefficient (Wildman–Crippen LogP) is 4.04. The third kappa shape index (κ3) is 1.88. The molecule has 0 saturated carbocycles. The molecule has 0 aromatic heterocycles. The van der Waals surface area contributed by atoms with E-state index in [0.717, 1.165) is 17.5 Å². The number of halogens is 1. The Labute approximate surface area is 90.7 Å². The lowest BCUT2D eigenvalue weighted by molar-refractivity contribution is 0.464. The standard InChI is InChI=1S/C12H17ClO/c1-5-9-6-10(7(2)3)12(14)11(13)8(9)4/h6-7,14H,5H2,1-4H3. The van der Waals surface area contributed by atoms with Gasteiger partial charge < -0.3 is 5.11 Å². The zero-order valence-corrected chi connectivity index (χ0v) is 9.94. The second kappa shape index (κ2) is 4.22. The number of phenolic OH excluding ortho intramolecular Hbond substituents is 1. The lowest BCUT2D eigenvalue weighted by Gasteiger charge is -2.14. The fourth-order valence-electron chi connectivity index (χ4n) is 1.62. The van der Waals surface area contributed by atoms with E-state index in [0.29, 0.717) is 10.9 Å². The summed E-state index contributed by atoms with van der Waals surface area (Å²) in [6, 6.07) is 2.06. The molecule has 0 aliphatic rings. The van der Waals surface area contributed by atoms with Crippen LogP contribution in [-0.4, -0.2) is 5.11 Å². The highest BCUT2D eigenvalue weighted by molar-refractivity contribution is 6.33. The zero-order valence-electron chi connectivity index (χ0n) is 9.19. The molecule has 0 fully saturated rings. The van der Waals surface area contributed by atoms with Gasteiger partial charge in [-0.15, -0.1) is 0 Å². The summed E-state index contributed by atoms with van der Waals surface area (Å²) < 4.78 is 0. The maximum atomic E-state index is 9.84. The van der Waals surface area contributed by atoms with Gasteiger partial charge in [-0.1, -0.05) is 38.4 Å². The quantitative estimate of drug-likeness (QED) is 0.785. The first kappa shape index (κ1) is 11.4. The maximum Gasteiger partial charge on any atom is 0.137 e. The number of phenols is 1. The Bertz CT molecular complexity index is 343. The number of rotatable bonds is 2. The molecule has 0 amide bonds. The number of aryl methyl sites for hydroxylation is 1. The first-order valence-electron chi connectivity index (χ1n) is 4.99. The molecule has 1 aromatic carbocycles. The summed E-state index contributed by atoms with van der Waals surface area (Å²) in [4.78, 5) is 0. The molecule has 0 bridgehead atoms. The topological polar surface area (TPSA) is 20.2 Å². The van der Waals surface area contributed by atoms with Crippen LogP contribution in [0.15, 0.2) is 6.07 Å². The van der Waals surface area contributed by atoms with E-state index in [1.807, 2.05) is 6.92 Å². The van der Waals surface area contributed by atoms with E-state index >= 15 is 0 Å². The van der Waals surface area contributed by atoms with Crippen LogP contribution in [0.3, 0.4) is 0 Å². The van der Waals surface area contributed by atoms with E-state index in [1.165, 1.54) is 5.56 Å². The number of benzene rings is 1. The van der Waals surface area contributed by atoms with Crippen LogP contribution < -0.4 is 0 Å². The van der Waals surface area contributed by atoms with Crippen molar-refractivity contribution >= 4 is 11.6 Å². The molecule has 2 heteroatoms. The second-order valence-electron chi connectivity index (χ2n) is 3.92. The summed E-state index contributed by atoms with van der Waals surface area (Å²) in [6.07, 6.45) is 0.950. The summed E-state index contributed by atoms with van der Waals surface area (Å²) in [6.45, 7) is 8.16. The molecule has 78 valence electrons. The molecule has 14 heavy (non-hydrogen) atoms. The Morgan fingerprint density at radius 3 is 2.43 bits per heavy atom. The zero-order chi connectivity index (χ0) is 10.9. The molecule has 1 rings (SSSR count). The minimum absolute atomic E-state index is 0.247. The van der Waals surface area contributed by atoms with Crippen LogP contribution in [0.5, 0.6) is 5.75 Å². The summed E-state index contributed by atoms with van der Waals surface area (Å²) in [5.74, 6) is 0.551. The molecule has 0 heterocycles. The molecule has 0 aliphatic carbocycles. The van der Waals surface area contributed by atoms with Crippen LogP contribution >= 0.6 is 11.6 Å². The van der Waals surface area contributed by atoms with Crippen molar-refractivity contribution in [2.75, 3.05) is 0 Å². The maximum absolute atomic E-state index is 9.84. The van der Waals surface area contributed by atoms with Gasteiger partial charge in [0.2, 0.25) is 0 Å². The molecule has 0 radical (unpaired) electrons. The largest absolute Gasteiger partial charge is 0.506 e. The van der Waals surface area contributed by atoms with Crippen LogP contribution in [0, 0.1) is 6.92 Å². The van der Waals surface area contributed by atoms with Crippen molar-refractivity contribution in [3.63, 3.8) is 0 Å². The third-order valence-electron chi connectivity index (χ3n) is 2.62. The normalized spacial score (nSPS) is 11.0. The molecule has 1 nitrogen and oxygen atoms in total. The van der Waals surface area contributed by atoms with Gasteiger partial charge in [-0.2, -0.15) is 0 Å². The van der Waals surface area contributed by atoms with Gasteiger partial charge in [0.1, 0.15) is 5.75 Å². The highest BCUT2D eigenvalue weighted by Gasteiger charge is 2.14. The van der Waals surface area contributed by atoms with Gasteiger partial charge in [0.15, 0.2) is 0 Å². The third-order valence-corrected chi connectivity index (χ3v) is 3.09. The van der Waals surface area contributed by atoms with Crippen molar-refractivity contribution in [1.29, 1.82) is 0 Å². The van der Waals surface area contributed by atoms with E-state index < -0.39 is 0 Å². The van der Waals surface area contributed by atoms with Crippen LogP contribution in [0.2, 0.25) is 5.02 Å². The highest BCUT2D eigenvalue weighted by atomic mass is 35.5. The summed E-state index contributed by atoms with van der Waals surface area (Å²) in [5.41, 5.74) is 3.16. The van der Waals surface area contributed by atoms with E-state index in [4.69, 9.17) is 11.6 Å². The number of hydrogen-bond donors (Lipinski definition) is 1. The smallest absolute Gasteiger partial charge is 0.137 e. The molecule has 0 unspecified atom stereocenters. The van der Waals surface area contributed by atoms with Gasteiger partial charge in [0, 0.05) is 0 Å². The van der Waals surface area contributed by atoms with Crippen molar-refractivity contribution in [2.45, 2.75) is 40.0 Å². The van der Waals surface area contributed by atoms with Gasteiger partial charge in [0.25, 0.3) is 0 Å². The van der Waals surface area contributed by atoms with E-state index in [9.17, 15) is 5.11 Å². The minimum atomic E-state index is 0.247. The molecule has 0 spiro atoms.